The zero-order chi connectivity index (χ0) is 19.4. The molecule has 2 N–H and O–H groups in total. The molecule has 2 amide bonds. The molecule has 0 aliphatic carbocycles. The quantitative estimate of drug-likeness (QED) is 0.779. The van der Waals surface area contributed by atoms with Gasteiger partial charge < -0.3 is 15.4 Å². The van der Waals surface area contributed by atoms with Gasteiger partial charge in [-0.15, -0.1) is 11.3 Å². The molecule has 2 rings (SSSR count). The number of hydrogen-bond donors (Lipinski definition) is 2. The van der Waals surface area contributed by atoms with Gasteiger partial charge in [-0.25, -0.2) is 4.79 Å². The summed E-state index contributed by atoms with van der Waals surface area (Å²) in [5.41, 5.74) is 2.73. The lowest BCUT2D eigenvalue weighted by Crippen LogP contribution is -2.30. The van der Waals surface area contributed by atoms with Crippen molar-refractivity contribution in [1.82, 2.24) is 0 Å². The van der Waals surface area contributed by atoms with Crippen LogP contribution in [0.2, 0.25) is 0 Å². The van der Waals surface area contributed by atoms with E-state index in [2.05, 4.69) is 10.6 Å². The molecule has 7 heteroatoms. The minimum atomic E-state index is -0.978. The molecule has 1 aromatic carbocycles. The molecule has 138 valence electrons. The highest BCUT2D eigenvalue weighted by Gasteiger charge is 2.25. The molecular formula is C19H22N2O4S. The van der Waals surface area contributed by atoms with Crippen molar-refractivity contribution < 1.29 is 19.1 Å². The summed E-state index contributed by atoms with van der Waals surface area (Å²) in [4.78, 5) is 37.1. The predicted octanol–water partition coefficient (Wildman–Crippen LogP) is 3.82. The summed E-state index contributed by atoms with van der Waals surface area (Å²) in [6.45, 7) is 8.47. The molecule has 0 spiro atoms. The molecule has 26 heavy (non-hydrogen) atoms. The van der Waals surface area contributed by atoms with Crippen molar-refractivity contribution >= 4 is 39.8 Å². The molecular weight excluding hydrogens is 352 g/mol. The number of rotatable bonds is 5. The van der Waals surface area contributed by atoms with E-state index in [1.807, 2.05) is 26.0 Å². The number of benzene rings is 1. The third kappa shape index (κ3) is 4.70. The van der Waals surface area contributed by atoms with Crippen LogP contribution in [-0.4, -0.2) is 23.9 Å². The highest BCUT2D eigenvalue weighted by atomic mass is 32.1. The molecule has 0 aliphatic rings. The fraction of sp³-hybridized carbons (Fsp3) is 0.316. The minimum absolute atomic E-state index is 0.273. The average Bonchev–Trinajstić information content (AvgIpc) is 2.82. The first kappa shape index (κ1) is 19.7. The standard InChI is InChI=1S/C19H22N2O4S/c1-10-6-8-15(9-7-10)21-17(23)12(3)25-19(24)16-11(2)13(4)26-18(16)20-14(5)22/h6-9,12H,1-5H3,(H,20,22)(H,21,23)/t12-/m1/s1. The van der Waals surface area contributed by atoms with Crippen molar-refractivity contribution in [3.05, 3.63) is 45.8 Å². The molecule has 0 fully saturated rings. The summed E-state index contributed by atoms with van der Waals surface area (Å²) >= 11 is 1.30. The van der Waals surface area contributed by atoms with Gasteiger partial charge >= 0.3 is 5.97 Å². The second-order valence-electron chi connectivity index (χ2n) is 6.07. The Hall–Kier alpha value is -2.67. The molecule has 1 aromatic heterocycles. The number of anilines is 2. The van der Waals surface area contributed by atoms with E-state index in [9.17, 15) is 14.4 Å². The zero-order valence-corrected chi connectivity index (χ0v) is 16.2. The third-order valence-electron chi connectivity index (χ3n) is 3.85. The van der Waals surface area contributed by atoms with Crippen molar-refractivity contribution in [1.29, 1.82) is 0 Å². The van der Waals surface area contributed by atoms with Gasteiger partial charge in [0.2, 0.25) is 5.91 Å². The highest BCUT2D eigenvalue weighted by molar-refractivity contribution is 7.16. The summed E-state index contributed by atoms with van der Waals surface area (Å²) in [5, 5.41) is 5.78. The summed E-state index contributed by atoms with van der Waals surface area (Å²) in [6, 6.07) is 7.32. The number of nitrogens with one attached hydrogen (secondary N) is 2. The second-order valence-corrected chi connectivity index (χ2v) is 7.30. The Kier molecular flexibility index (Phi) is 6.15. The van der Waals surface area contributed by atoms with Crippen LogP contribution in [0.1, 0.15) is 40.2 Å². The van der Waals surface area contributed by atoms with Crippen LogP contribution >= 0.6 is 11.3 Å². The Morgan fingerprint density at radius 3 is 2.23 bits per heavy atom. The lowest BCUT2D eigenvalue weighted by Gasteiger charge is -2.14. The molecule has 0 aliphatic heterocycles. The normalized spacial score (nSPS) is 11.6. The van der Waals surface area contributed by atoms with Gasteiger partial charge in [0.05, 0.1) is 5.56 Å². The third-order valence-corrected chi connectivity index (χ3v) is 4.97. The van der Waals surface area contributed by atoms with Crippen LogP contribution in [0, 0.1) is 20.8 Å². The molecule has 0 saturated carbocycles. The predicted molar refractivity (Wildman–Crippen MR) is 103 cm³/mol. The molecule has 2 aromatic rings. The summed E-state index contributed by atoms with van der Waals surface area (Å²) in [6.07, 6.45) is -0.978. The fourth-order valence-electron chi connectivity index (χ4n) is 2.27. The van der Waals surface area contributed by atoms with E-state index in [4.69, 9.17) is 4.74 Å². The Labute approximate surface area is 156 Å². The fourth-order valence-corrected chi connectivity index (χ4v) is 3.37. The van der Waals surface area contributed by atoms with Gasteiger partial charge in [-0.3, -0.25) is 9.59 Å². The monoisotopic (exact) mass is 374 g/mol. The van der Waals surface area contributed by atoms with Crippen molar-refractivity contribution in [2.75, 3.05) is 10.6 Å². The maximum atomic E-state index is 12.5. The van der Waals surface area contributed by atoms with Gasteiger partial charge in [0.25, 0.3) is 5.91 Å². The van der Waals surface area contributed by atoms with E-state index < -0.39 is 18.0 Å². The lowest BCUT2D eigenvalue weighted by atomic mass is 10.1. The largest absolute Gasteiger partial charge is 0.449 e. The maximum absolute atomic E-state index is 12.5. The molecule has 0 radical (unpaired) electrons. The second kappa shape index (κ2) is 8.14. The van der Waals surface area contributed by atoms with Crippen LogP contribution in [-0.2, 0) is 14.3 Å². The van der Waals surface area contributed by atoms with Crippen LogP contribution in [0.5, 0.6) is 0 Å². The van der Waals surface area contributed by atoms with Crippen LogP contribution < -0.4 is 10.6 Å². The maximum Gasteiger partial charge on any atom is 0.342 e. The Morgan fingerprint density at radius 1 is 1.04 bits per heavy atom. The number of aryl methyl sites for hydroxylation is 2. The number of thiophene rings is 1. The van der Waals surface area contributed by atoms with E-state index in [0.717, 1.165) is 16.0 Å². The van der Waals surface area contributed by atoms with E-state index in [0.29, 0.717) is 10.7 Å². The smallest absolute Gasteiger partial charge is 0.342 e. The Balaban J connectivity index is 2.10. The first-order valence-corrected chi connectivity index (χ1v) is 8.96. The van der Waals surface area contributed by atoms with Gasteiger partial charge in [-0.1, -0.05) is 17.7 Å². The van der Waals surface area contributed by atoms with Gasteiger partial charge in [0.1, 0.15) is 5.00 Å². The van der Waals surface area contributed by atoms with Gasteiger partial charge in [0, 0.05) is 17.5 Å². The zero-order valence-electron chi connectivity index (χ0n) is 15.4. The van der Waals surface area contributed by atoms with Crippen molar-refractivity contribution in [3.8, 4) is 0 Å². The molecule has 1 heterocycles. The highest BCUT2D eigenvalue weighted by Crippen LogP contribution is 2.33. The SMILES string of the molecule is CC(=O)Nc1sc(C)c(C)c1C(=O)O[C@H](C)C(=O)Nc1ccc(C)cc1. The summed E-state index contributed by atoms with van der Waals surface area (Å²) in [7, 11) is 0. The van der Waals surface area contributed by atoms with Crippen LogP contribution in [0.15, 0.2) is 24.3 Å². The molecule has 0 bridgehead atoms. The van der Waals surface area contributed by atoms with Crippen molar-refractivity contribution in [2.45, 2.75) is 40.7 Å². The van der Waals surface area contributed by atoms with Crippen LogP contribution in [0.4, 0.5) is 10.7 Å². The minimum Gasteiger partial charge on any atom is -0.449 e. The number of carbonyl (C=O) groups excluding carboxylic acids is 3. The number of carbonyl (C=O) groups is 3. The van der Waals surface area contributed by atoms with E-state index in [1.54, 1.807) is 19.1 Å². The van der Waals surface area contributed by atoms with Gasteiger partial charge in [-0.2, -0.15) is 0 Å². The molecule has 1 atom stereocenters. The van der Waals surface area contributed by atoms with E-state index >= 15 is 0 Å². The molecule has 0 unspecified atom stereocenters. The lowest BCUT2D eigenvalue weighted by molar-refractivity contribution is -0.123. The summed E-state index contributed by atoms with van der Waals surface area (Å²) < 4.78 is 5.31. The Bertz CT molecular complexity index is 840. The first-order chi connectivity index (χ1) is 12.2. The number of esters is 1. The number of hydrogen-bond acceptors (Lipinski definition) is 5. The average molecular weight is 374 g/mol. The number of amides is 2. The van der Waals surface area contributed by atoms with Gasteiger partial charge in [-0.05, 0) is 45.4 Å². The Morgan fingerprint density at radius 2 is 1.65 bits per heavy atom. The molecule has 6 nitrogen and oxygen atoms in total. The van der Waals surface area contributed by atoms with Crippen LogP contribution in [0.25, 0.3) is 0 Å². The van der Waals surface area contributed by atoms with E-state index in [-0.39, 0.29) is 11.5 Å². The van der Waals surface area contributed by atoms with Crippen molar-refractivity contribution in [2.24, 2.45) is 0 Å². The van der Waals surface area contributed by atoms with Gasteiger partial charge in [0.15, 0.2) is 6.10 Å². The van der Waals surface area contributed by atoms with Crippen molar-refractivity contribution in [3.63, 3.8) is 0 Å². The van der Waals surface area contributed by atoms with E-state index in [1.165, 1.54) is 25.2 Å². The van der Waals surface area contributed by atoms with Crippen LogP contribution in [0.3, 0.4) is 0 Å². The number of ether oxygens (including phenoxy) is 1. The molecule has 0 saturated heterocycles. The topological polar surface area (TPSA) is 84.5 Å². The first-order valence-electron chi connectivity index (χ1n) is 8.15. The summed E-state index contributed by atoms with van der Waals surface area (Å²) in [5.74, 6) is -1.33.